The molecule has 6 N–H and O–H groups in total. The number of allylic oxidation sites excluding steroid dienone is 1. The van der Waals surface area contributed by atoms with Gasteiger partial charge in [-0.15, -0.1) is 0 Å². The molecule has 0 bridgehead atoms. The minimum Gasteiger partial charge on any atom is -0.401 e. The van der Waals surface area contributed by atoms with Gasteiger partial charge in [0, 0.05) is 35.1 Å². The topological polar surface area (TPSA) is 79.3 Å². The lowest BCUT2D eigenvalue weighted by atomic mass is 9.91. The maximum atomic E-state index is 13.9. The molecule has 2 heterocycles. The van der Waals surface area contributed by atoms with Crippen molar-refractivity contribution in [3.63, 3.8) is 0 Å². The zero-order valence-corrected chi connectivity index (χ0v) is 17.8. The van der Waals surface area contributed by atoms with Gasteiger partial charge in [-0.3, -0.25) is 0 Å². The van der Waals surface area contributed by atoms with Crippen LogP contribution in [-0.4, -0.2) is 24.6 Å². The van der Waals surface area contributed by atoms with Crippen LogP contribution >= 0.6 is 11.6 Å². The Kier molecular flexibility index (Phi) is 5.99. The van der Waals surface area contributed by atoms with Crippen LogP contribution in [0, 0.1) is 5.82 Å². The van der Waals surface area contributed by atoms with Gasteiger partial charge in [0.25, 0.3) is 0 Å². The quantitative estimate of drug-likeness (QED) is 0.551. The summed E-state index contributed by atoms with van der Waals surface area (Å²) >= 11 is 6.07. The third kappa shape index (κ3) is 4.31. The van der Waals surface area contributed by atoms with Crippen LogP contribution in [0.5, 0.6) is 0 Å². The molecular weight excluding hydrogens is 401 g/mol. The zero-order chi connectivity index (χ0) is 21.3. The molecule has 0 aliphatic carbocycles. The molecule has 2 aliphatic heterocycles. The van der Waals surface area contributed by atoms with Gasteiger partial charge < -0.3 is 21.4 Å². The first-order chi connectivity index (χ1) is 14.4. The molecule has 0 fully saturated rings. The van der Waals surface area contributed by atoms with Gasteiger partial charge in [-0.1, -0.05) is 29.8 Å². The molecule has 0 spiro atoms. The van der Waals surface area contributed by atoms with Crippen molar-refractivity contribution in [1.29, 1.82) is 0 Å². The molecule has 1 unspecified atom stereocenters. The summed E-state index contributed by atoms with van der Waals surface area (Å²) in [5.74, 6) is 5.98. The first-order valence-corrected chi connectivity index (χ1v) is 10.6. The Labute approximate surface area is 181 Å². The predicted molar refractivity (Wildman–Crippen MR) is 122 cm³/mol. The Bertz CT molecular complexity index is 992. The van der Waals surface area contributed by atoms with E-state index in [0.29, 0.717) is 23.0 Å². The van der Waals surface area contributed by atoms with Crippen molar-refractivity contribution in [1.82, 2.24) is 10.3 Å². The van der Waals surface area contributed by atoms with E-state index in [2.05, 4.69) is 34.9 Å². The molecule has 5 nitrogen and oxygen atoms in total. The third-order valence-corrected chi connectivity index (χ3v) is 5.86. The number of hydrogen-bond acceptors (Lipinski definition) is 5. The van der Waals surface area contributed by atoms with Crippen LogP contribution in [0.1, 0.15) is 42.5 Å². The largest absolute Gasteiger partial charge is 0.401 e. The molecule has 0 saturated carbocycles. The molecule has 2 aromatic carbocycles. The molecule has 0 amide bonds. The number of nitrogens with zero attached hydrogens (tertiary/aromatic N) is 1. The average molecular weight is 428 g/mol. The standard InChI is InChI=1S/C23H27ClFN5/c1-14(26)23-20-3-2-16(15-4-7-28-8-5-15)10-21(20)22(6-9-30(23)27)29-19-12-17(24)11-18(25)13-19/h2-4,10-13,22,28-29H,5-9,26-27H2,1H3/b23-14-. The second-order valence-electron chi connectivity index (χ2n) is 7.85. The zero-order valence-electron chi connectivity index (χ0n) is 17.0. The Morgan fingerprint density at radius 3 is 2.80 bits per heavy atom. The highest BCUT2D eigenvalue weighted by Gasteiger charge is 2.26. The second kappa shape index (κ2) is 8.68. The maximum Gasteiger partial charge on any atom is 0.126 e. The lowest BCUT2D eigenvalue weighted by Crippen LogP contribution is -2.31. The highest BCUT2D eigenvalue weighted by molar-refractivity contribution is 6.30. The Balaban J connectivity index is 1.80. The number of halogens is 2. The molecule has 0 radical (unpaired) electrons. The van der Waals surface area contributed by atoms with Gasteiger partial charge in [0.2, 0.25) is 0 Å². The average Bonchev–Trinajstić information content (AvgIpc) is 2.84. The van der Waals surface area contributed by atoms with E-state index < -0.39 is 0 Å². The molecule has 4 rings (SSSR count). The number of benzene rings is 2. The summed E-state index contributed by atoms with van der Waals surface area (Å²) in [4.78, 5) is 0. The van der Waals surface area contributed by atoms with Crippen LogP contribution in [-0.2, 0) is 0 Å². The SMILES string of the molecule is C/C(N)=C1\c2ccc(C3=CCNCC3)cc2C(Nc2cc(F)cc(Cl)c2)CCN1N. The van der Waals surface area contributed by atoms with Crippen molar-refractivity contribution in [2.45, 2.75) is 25.8 Å². The number of nitrogens with two attached hydrogens (primary N) is 2. The van der Waals surface area contributed by atoms with Crippen LogP contribution in [0.2, 0.25) is 5.02 Å². The smallest absolute Gasteiger partial charge is 0.126 e. The number of rotatable bonds is 3. The van der Waals surface area contributed by atoms with E-state index in [-0.39, 0.29) is 11.9 Å². The summed E-state index contributed by atoms with van der Waals surface area (Å²) in [7, 11) is 0. The van der Waals surface area contributed by atoms with Crippen molar-refractivity contribution >= 4 is 28.6 Å². The summed E-state index contributed by atoms with van der Waals surface area (Å²) in [6, 6.07) is 10.9. The number of fused-ring (bicyclic) bond motifs is 1. The van der Waals surface area contributed by atoms with E-state index in [9.17, 15) is 4.39 Å². The summed E-state index contributed by atoms with van der Waals surface area (Å²) in [5, 5.41) is 8.89. The summed E-state index contributed by atoms with van der Waals surface area (Å²) in [5.41, 5.74) is 13.0. The third-order valence-electron chi connectivity index (χ3n) is 5.64. The monoisotopic (exact) mass is 427 g/mol. The molecule has 2 aliphatic rings. The van der Waals surface area contributed by atoms with E-state index in [1.807, 2.05) is 6.92 Å². The summed E-state index contributed by atoms with van der Waals surface area (Å²) < 4.78 is 13.9. The highest BCUT2D eigenvalue weighted by atomic mass is 35.5. The molecule has 1 atom stereocenters. The number of anilines is 1. The lowest BCUT2D eigenvalue weighted by molar-refractivity contribution is 0.402. The fourth-order valence-corrected chi connectivity index (χ4v) is 4.49. The predicted octanol–water partition coefficient (Wildman–Crippen LogP) is 4.24. The van der Waals surface area contributed by atoms with Gasteiger partial charge in [-0.25, -0.2) is 10.2 Å². The van der Waals surface area contributed by atoms with E-state index >= 15 is 0 Å². The minimum absolute atomic E-state index is 0.0666. The van der Waals surface area contributed by atoms with Crippen LogP contribution in [0.4, 0.5) is 10.1 Å². The van der Waals surface area contributed by atoms with Gasteiger partial charge in [-0.2, -0.15) is 0 Å². The van der Waals surface area contributed by atoms with Gasteiger partial charge in [0.05, 0.1) is 11.7 Å². The van der Waals surface area contributed by atoms with Crippen molar-refractivity contribution < 1.29 is 4.39 Å². The van der Waals surface area contributed by atoms with Crippen LogP contribution in [0.3, 0.4) is 0 Å². The van der Waals surface area contributed by atoms with E-state index in [0.717, 1.165) is 42.8 Å². The van der Waals surface area contributed by atoms with Crippen LogP contribution in [0.15, 0.2) is 48.2 Å². The Hall–Kier alpha value is -2.54. The van der Waals surface area contributed by atoms with Gasteiger partial charge in [-0.05, 0) is 67.3 Å². The Morgan fingerprint density at radius 2 is 2.10 bits per heavy atom. The molecular formula is C23H27ClFN5. The van der Waals surface area contributed by atoms with Gasteiger partial charge in [0.1, 0.15) is 5.82 Å². The van der Waals surface area contributed by atoms with Crippen molar-refractivity contribution in [3.05, 3.63) is 75.7 Å². The van der Waals surface area contributed by atoms with E-state index in [1.165, 1.54) is 23.3 Å². The first kappa shape index (κ1) is 20.7. The minimum atomic E-state index is -0.369. The van der Waals surface area contributed by atoms with Gasteiger partial charge in [0.15, 0.2) is 0 Å². The molecule has 0 aromatic heterocycles. The summed E-state index contributed by atoms with van der Waals surface area (Å²) in [6.45, 7) is 4.32. The van der Waals surface area contributed by atoms with Crippen molar-refractivity contribution in [2.75, 3.05) is 25.0 Å². The maximum absolute atomic E-state index is 13.9. The number of hydrazine groups is 1. The molecule has 0 saturated heterocycles. The Morgan fingerprint density at radius 1 is 1.27 bits per heavy atom. The van der Waals surface area contributed by atoms with Crippen LogP contribution in [0.25, 0.3) is 11.3 Å². The second-order valence-corrected chi connectivity index (χ2v) is 8.29. The molecule has 30 heavy (non-hydrogen) atoms. The molecule has 7 heteroatoms. The fourth-order valence-electron chi connectivity index (χ4n) is 4.27. The first-order valence-electron chi connectivity index (χ1n) is 10.2. The van der Waals surface area contributed by atoms with Gasteiger partial charge >= 0.3 is 0 Å². The van der Waals surface area contributed by atoms with E-state index in [1.54, 1.807) is 11.1 Å². The normalized spacial score (nSPS) is 20.9. The number of nitrogens with one attached hydrogen (secondary N) is 2. The summed E-state index contributed by atoms with van der Waals surface area (Å²) in [6.07, 6.45) is 3.95. The van der Waals surface area contributed by atoms with Crippen LogP contribution < -0.4 is 22.2 Å². The number of hydrogen-bond donors (Lipinski definition) is 4. The fraction of sp³-hybridized carbons (Fsp3) is 0.304. The lowest BCUT2D eigenvalue weighted by Gasteiger charge is -2.23. The molecule has 158 valence electrons. The van der Waals surface area contributed by atoms with E-state index in [4.69, 9.17) is 23.2 Å². The van der Waals surface area contributed by atoms with Crippen molar-refractivity contribution in [3.8, 4) is 0 Å². The molecule has 2 aromatic rings. The highest BCUT2D eigenvalue weighted by Crippen LogP contribution is 2.37. The van der Waals surface area contributed by atoms with Crippen molar-refractivity contribution in [2.24, 2.45) is 11.6 Å².